The summed E-state index contributed by atoms with van der Waals surface area (Å²) in [5.41, 5.74) is 0. The molecular formula is C14H28N2O. The summed E-state index contributed by atoms with van der Waals surface area (Å²) in [7, 11) is 0. The highest BCUT2D eigenvalue weighted by atomic mass is 16.3. The fourth-order valence-electron chi connectivity index (χ4n) is 2.77. The number of rotatable bonds is 5. The molecule has 0 aromatic rings. The molecule has 0 amide bonds. The smallest absolute Gasteiger partial charge is 0.0692 e. The van der Waals surface area contributed by atoms with Crippen LogP contribution in [-0.4, -0.2) is 47.8 Å². The second kappa shape index (κ2) is 6.17. The van der Waals surface area contributed by atoms with Crippen LogP contribution in [0, 0.1) is 5.92 Å². The van der Waals surface area contributed by atoms with Gasteiger partial charge in [-0.2, -0.15) is 0 Å². The summed E-state index contributed by atoms with van der Waals surface area (Å²) in [6.45, 7) is 7.81. The van der Waals surface area contributed by atoms with Gasteiger partial charge < -0.3 is 15.3 Å². The maximum absolute atomic E-state index is 9.86. The molecular weight excluding hydrogens is 212 g/mol. The second-order valence-corrected chi connectivity index (χ2v) is 6.07. The third-order valence-corrected chi connectivity index (χ3v) is 4.27. The van der Waals surface area contributed by atoms with Crippen molar-refractivity contribution in [3.63, 3.8) is 0 Å². The first-order valence-corrected chi connectivity index (χ1v) is 7.32. The quantitative estimate of drug-likeness (QED) is 0.766. The number of nitrogens with one attached hydrogen (secondary N) is 1. The molecule has 3 heteroatoms. The highest BCUT2D eigenvalue weighted by Crippen LogP contribution is 2.32. The van der Waals surface area contributed by atoms with E-state index in [-0.39, 0.29) is 6.10 Å². The standard InChI is InChI=1S/C14H28N2O/c1-11(2)16-8-3-4-13(7-9-16)15-10-14(17)12-5-6-12/h11-15,17H,3-10H2,1-2H3. The Morgan fingerprint density at radius 2 is 1.94 bits per heavy atom. The zero-order chi connectivity index (χ0) is 12.3. The number of hydrogen-bond donors (Lipinski definition) is 2. The van der Waals surface area contributed by atoms with Crippen LogP contribution in [0.5, 0.6) is 0 Å². The van der Waals surface area contributed by atoms with Crippen LogP contribution in [-0.2, 0) is 0 Å². The molecule has 1 aliphatic heterocycles. The normalized spacial score (nSPS) is 29.3. The van der Waals surface area contributed by atoms with Crippen molar-refractivity contribution in [2.75, 3.05) is 19.6 Å². The minimum absolute atomic E-state index is 0.0977. The Kier molecular flexibility index (Phi) is 4.83. The van der Waals surface area contributed by atoms with Crippen molar-refractivity contribution in [2.45, 2.75) is 64.1 Å². The predicted octanol–water partition coefficient (Wildman–Crippen LogP) is 1.61. The van der Waals surface area contributed by atoms with Crippen molar-refractivity contribution in [3.8, 4) is 0 Å². The van der Waals surface area contributed by atoms with E-state index in [4.69, 9.17) is 0 Å². The van der Waals surface area contributed by atoms with E-state index in [2.05, 4.69) is 24.1 Å². The van der Waals surface area contributed by atoms with Crippen LogP contribution >= 0.6 is 0 Å². The number of likely N-dealkylation sites (tertiary alicyclic amines) is 1. The molecule has 0 radical (unpaired) electrons. The minimum atomic E-state index is -0.0977. The van der Waals surface area contributed by atoms with Crippen LogP contribution < -0.4 is 5.32 Å². The summed E-state index contributed by atoms with van der Waals surface area (Å²) >= 11 is 0. The van der Waals surface area contributed by atoms with Crippen LogP contribution in [0.4, 0.5) is 0 Å². The van der Waals surface area contributed by atoms with Gasteiger partial charge in [0.1, 0.15) is 0 Å². The van der Waals surface area contributed by atoms with Gasteiger partial charge in [-0.05, 0) is 65.0 Å². The van der Waals surface area contributed by atoms with E-state index in [1.165, 1.54) is 45.2 Å². The number of hydrogen-bond acceptors (Lipinski definition) is 3. The SMILES string of the molecule is CC(C)N1CCCC(NCC(O)C2CC2)CC1. The first kappa shape index (κ1) is 13.3. The molecule has 1 saturated heterocycles. The van der Waals surface area contributed by atoms with Gasteiger partial charge in [0.05, 0.1) is 6.10 Å². The zero-order valence-electron chi connectivity index (χ0n) is 11.4. The molecule has 3 nitrogen and oxygen atoms in total. The lowest BCUT2D eigenvalue weighted by atomic mass is 10.1. The van der Waals surface area contributed by atoms with E-state index in [0.29, 0.717) is 18.0 Å². The zero-order valence-corrected chi connectivity index (χ0v) is 11.4. The van der Waals surface area contributed by atoms with Crippen molar-refractivity contribution in [1.29, 1.82) is 0 Å². The Morgan fingerprint density at radius 1 is 1.18 bits per heavy atom. The van der Waals surface area contributed by atoms with E-state index in [1.807, 2.05) is 0 Å². The largest absolute Gasteiger partial charge is 0.392 e. The van der Waals surface area contributed by atoms with Crippen LogP contribution in [0.1, 0.15) is 46.0 Å². The average Bonchev–Trinajstić information content (AvgIpc) is 3.12. The molecule has 2 atom stereocenters. The monoisotopic (exact) mass is 240 g/mol. The molecule has 2 N–H and O–H groups in total. The molecule has 100 valence electrons. The van der Waals surface area contributed by atoms with Crippen LogP contribution in [0.3, 0.4) is 0 Å². The molecule has 1 heterocycles. The van der Waals surface area contributed by atoms with E-state index < -0.39 is 0 Å². The van der Waals surface area contributed by atoms with Crippen molar-refractivity contribution in [1.82, 2.24) is 10.2 Å². The van der Waals surface area contributed by atoms with Crippen LogP contribution in [0.15, 0.2) is 0 Å². The third kappa shape index (κ3) is 4.23. The Hall–Kier alpha value is -0.120. The topological polar surface area (TPSA) is 35.5 Å². The maximum atomic E-state index is 9.86. The molecule has 0 aromatic heterocycles. The maximum Gasteiger partial charge on any atom is 0.0692 e. The van der Waals surface area contributed by atoms with Gasteiger partial charge in [-0.25, -0.2) is 0 Å². The molecule has 2 aliphatic rings. The lowest BCUT2D eigenvalue weighted by molar-refractivity contribution is 0.143. The molecule has 0 bridgehead atoms. The van der Waals surface area contributed by atoms with Crippen molar-refractivity contribution >= 4 is 0 Å². The second-order valence-electron chi connectivity index (χ2n) is 6.07. The van der Waals surface area contributed by atoms with Gasteiger partial charge in [-0.15, -0.1) is 0 Å². The van der Waals surface area contributed by atoms with Crippen molar-refractivity contribution < 1.29 is 5.11 Å². The Bertz CT molecular complexity index is 228. The summed E-state index contributed by atoms with van der Waals surface area (Å²) in [5, 5.41) is 13.4. The number of aliphatic hydroxyl groups excluding tert-OH is 1. The molecule has 17 heavy (non-hydrogen) atoms. The average molecular weight is 240 g/mol. The van der Waals surface area contributed by atoms with Crippen LogP contribution in [0.2, 0.25) is 0 Å². The van der Waals surface area contributed by atoms with E-state index in [1.54, 1.807) is 0 Å². The number of nitrogens with zero attached hydrogens (tertiary/aromatic N) is 1. The fourth-order valence-corrected chi connectivity index (χ4v) is 2.77. The number of aliphatic hydroxyl groups is 1. The first-order valence-electron chi connectivity index (χ1n) is 7.32. The molecule has 1 saturated carbocycles. The molecule has 0 aromatic carbocycles. The first-order chi connectivity index (χ1) is 8.16. The van der Waals surface area contributed by atoms with E-state index in [9.17, 15) is 5.11 Å². The lowest BCUT2D eigenvalue weighted by Crippen LogP contribution is -2.37. The van der Waals surface area contributed by atoms with E-state index in [0.717, 1.165) is 6.54 Å². The van der Waals surface area contributed by atoms with Crippen molar-refractivity contribution in [2.24, 2.45) is 5.92 Å². The highest BCUT2D eigenvalue weighted by Gasteiger charge is 2.30. The van der Waals surface area contributed by atoms with E-state index >= 15 is 0 Å². The lowest BCUT2D eigenvalue weighted by Gasteiger charge is -2.24. The summed E-state index contributed by atoms with van der Waals surface area (Å²) in [6, 6.07) is 1.29. The summed E-state index contributed by atoms with van der Waals surface area (Å²) in [4.78, 5) is 2.57. The van der Waals surface area contributed by atoms with Crippen LogP contribution in [0.25, 0.3) is 0 Å². The van der Waals surface area contributed by atoms with Gasteiger partial charge in [0.2, 0.25) is 0 Å². The Balaban J connectivity index is 1.67. The van der Waals surface area contributed by atoms with Gasteiger partial charge in [-0.3, -0.25) is 0 Å². The van der Waals surface area contributed by atoms with Gasteiger partial charge in [0.15, 0.2) is 0 Å². The summed E-state index contributed by atoms with van der Waals surface area (Å²) in [5.74, 6) is 0.598. The summed E-state index contributed by atoms with van der Waals surface area (Å²) in [6.07, 6.45) is 6.15. The van der Waals surface area contributed by atoms with Gasteiger partial charge in [0, 0.05) is 18.6 Å². The fraction of sp³-hybridized carbons (Fsp3) is 1.00. The molecule has 2 rings (SSSR count). The molecule has 1 aliphatic carbocycles. The minimum Gasteiger partial charge on any atom is -0.392 e. The molecule has 2 unspecified atom stereocenters. The van der Waals surface area contributed by atoms with Gasteiger partial charge in [0.25, 0.3) is 0 Å². The third-order valence-electron chi connectivity index (χ3n) is 4.27. The highest BCUT2D eigenvalue weighted by molar-refractivity contribution is 4.84. The Labute approximate surface area is 106 Å². The molecule has 0 spiro atoms. The molecule has 2 fully saturated rings. The predicted molar refractivity (Wildman–Crippen MR) is 71.1 cm³/mol. The summed E-state index contributed by atoms with van der Waals surface area (Å²) < 4.78 is 0. The van der Waals surface area contributed by atoms with Crippen molar-refractivity contribution in [3.05, 3.63) is 0 Å². The van der Waals surface area contributed by atoms with Gasteiger partial charge in [-0.1, -0.05) is 0 Å². The van der Waals surface area contributed by atoms with Gasteiger partial charge >= 0.3 is 0 Å². The Morgan fingerprint density at radius 3 is 2.59 bits per heavy atom.